The first-order valence-electron chi connectivity index (χ1n) is 5.90. The summed E-state index contributed by atoms with van der Waals surface area (Å²) in [4.78, 5) is 24.6. The van der Waals surface area contributed by atoms with Gasteiger partial charge >= 0.3 is 5.97 Å². The summed E-state index contributed by atoms with van der Waals surface area (Å²) in [5.41, 5.74) is 5.73. The summed E-state index contributed by atoms with van der Waals surface area (Å²) in [7, 11) is 0. The summed E-state index contributed by atoms with van der Waals surface area (Å²) in [5, 5.41) is 9.10. The normalized spacial score (nSPS) is 22.7. The zero-order chi connectivity index (χ0) is 14.0. The second-order valence-electron chi connectivity index (χ2n) is 4.51. The first kappa shape index (κ1) is 14.0. The molecule has 1 aromatic heterocycles. The molecule has 0 saturated carbocycles. The second kappa shape index (κ2) is 5.66. The maximum Gasteiger partial charge on any atom is 0.326 e. The number of carboxylic acids is 1. The minimum atomic E-state index is -1.03. The lowest BCUT2D eigenvalue weighted by Gasteiger charge is -2.19. The van der Waals surface area contributed by atoms with Gasteiger partial charge in [-0.2, -0.15) is 11.8 Å². The van der Waals surface area contributed by atoms with E-state index in [1.807, 2.05) is 6.26 Å². The SMILES string of the molecule is CSCc1ccc(C(=O)N2C[C@@H](N)C[C@H]2C(=O)O)o1. The van der Waals surface area contributed by atoms with Crippen molar-refractivity contribution in [1.82, 2.24) is 4.90 Å². The van der Waals surface area contributed by atoms with Crippen LogP contribution in [0.2, 0.25) is 0 Å². The standard InChI is InChI=1S/C12H16N2O4S/c1-19-6-8-2-3-10(18-8)11(15)14-5-7(13)4-9(14)12(16)17/h2-3,7,9H,4-6,13H2,1H3,(H,16,17)/t7-,9-/m0/s1. The number of amides is 1. The van der Waals surface area contributed by atoms with Crippen LogP contribution in [0.1, 0.15) is 22.7 Å². The Morgan fingerprint density at radius 3 is 2.95 bits per heavy atom. The molecule has 2 heterocycles. The highest BCUT2D eigenvalue weighted by molar-refractivity contribution is 7.97. The Hall–Kier alpha value is -1.47. The van der Waals surface area contributed by atoms with Crippen LogP contribution in [0.5, 0.6) is 0 Å². The molecule has 2 atom stereocenters. The van der Waals surface area contributed by atoms with Gasteiger partial charge in [-0.25, -0.2) is 4.79 Å². The first-order valence-corrected chi connectivity index (χ1v) is 7.29. The molecule has 1 aliphatic rings. The predicted octanol–water partition coefficient (Wildman–Crippen LogP) is 0.769. The average Bonchev–Trinajstić information content (AvgIpc) is 2.95. The lowest BCUT2D eigenvalue weighted by Crippen LogP contribution is -2.40. The number of carbonyl (C=O) groups is 2. The second-order valence-corrected chi connectivity index (χ2v) is 5.37. The third-order valence-corrected chi connectivity index (χ3v) is 3.61. The van der Waals surface area contributed by atoms with Crippen molar-refractivity contribution < 1.29 is 19.1 Å². The smallest absolute Gasteiger partial charge is 0.326 e. The van der Waals surface area contributed by atoms with E-state index in [-0.39, 0.29) is 24.8 Å². The molecule has 2 rings (SSSR count). The van der Waals surface area contributed by atoms with E-state index in [9.17, 15) is 9.59 Å². The van der Waals surface area contributed by atoms with Crippen LogP contribution < -0.4 is 5.73 Å². The van der Waals surface area contributed by atoms with Crippen LogP contribution in [0.25, 0.3) is 0 Å². The van der Waals surface area contributed by atoms with Crippen molar-refractivity contribution in [3.63, 3.8) is 0 Å². The largest absolute Gasteiger partial charge is 0.480 e. The first-order chi connectivity index (χ1) is 9.02. The highest BCUT2D eigenvalue weighted by atomic mass is 32.2. The molecular formula is C12H16N2O4S. The fourth-order valence-electron chi connectivity index (χ4n) is 2.18. The van der Waals surface area contributed by atoms with E-state index >= 15 is 0 Å². The van der Waals surface area contributed by atoms with Crippen LogP contribution in [0, 0.1) is 0 Å². The van der Waals surface area contributed by atoms with Gasteiger partial charge in [0, 0.05) is 12.6 Å². The predicted molar refractivity (Wildman–Crippen MR) is 71.0 cm³/mol. The van der Waals surface area contributed by atoms with Gasteiger partial charge in [-0.1, -0.05) is 0 Å². The Bertz CT molecular complexity index is 488. The fourth-order valence-corrected chi connectivity index (χ4v) is 2.62. The summed E-state index contributed by atoms with van der Waals surface area (Å²) >= 11 is 1.59. The number of rotatable bonds is 4. The number of nitrogens with two attached hydrogens (primary N) is 1. The summed E-state index contributed by atoms with van der Waals surface area (Å²) in [6.07, 6.45) is 2.21. The topological polar surface area (TPSA) is 96.8 Å². The van der Waals surface area contributed by atoms with E-state index in [1.165, 1.54) is 4.90 Å². The van der Waals surface area contributed by atoms with E-state index in [2.05, 4.69) is 0 Å². The molecule has 1 aliphatic heterocycles. The Morgan fingerprint density at radius 1 is 1.58 bits per heavy atom. The summed E-state index contributed by atoms with van der Waals surface area (Å²) in [6, 6.07) is 2.15. The molecule has 1 saturated heterocycles. The maximum atomic E-state index is 12.2. The van der Waals surface area contributed by atoms with E-state index in [0.29, 0.717) is 11.5 Å². The van der Waals surface area contributed by atoms with Crippen molar-refractivity contribution in [2.75, 3.05) is 12.8 Å². The van der Waals surface area contributed by atoms with Crippen molar-refractivity contribution >= 4 is 23.6 Å². The Morgan fingerprint density at radius 2 is 2.32 bits per heavy atom. The van der Waals surface area contributed by atoms with Gasteiger partial charge in [0.1, 0.15) is 11.8 Å². The van der Waals surface area contributed by atoms with Gasteiger partial charge in [-0.3, -0.25) is 4.79 Å². The Kier molecular flexibility index (Phi) is 4.16. The van der Waals surface area contributed by atoms with Crippen molar-refractivity contribution in [2.45, 2.75) is 24.3 Å². The van der Waals surface area contributed by atoms with Crippen molar-refractivity contribution in [3.05, 3.63) is 23.7 Å². The molecule has 3 N–H and O–H groups in total. The average molecular weight is 284 g/mol. The molecule has 0 bridgehead atoms. The van der Waals surface area contributed by atoms with Crippen LogP contribution in [0.15, 0.2) is 16.5 Å². The van der Waals surface area contributed by atoms with Crippen molar-refractivity contribution in [3.8, 4) is 0 Å². The lowest BCUT2D eigenvalue weighted by molar-refractivity contribution is -0.141. The number of furan rings is 1. The van der Waals surface area contributed by atoms with E-state index in [1.54, 1.807) is 23.9 Å². The molecule has 0 aliphatic carbocycles. The van der Waals surface area contributed by atoms with Gasteiger partial charge in [0.2, 0.25) is 0 Å². The molecule has 1 aromatic rings. The number of likely N-dealkylation sites (tertiary alicyclic amines) is 1. The van der Waals surface area contributed by atoms with Gasteiger partial charge in [0.25, 0.3) is 5.91 Å². The van der Waals surface area contributed by atoms with Crippen LogP contribution in [-0.4, -0.2) is 46.8 Å². The van der Waals surface area contributed by atoms with Gasteiger partial charge < -0.3 is 20.2 Å². The quantitative estimate of drug-likeness (QED) is 0.847. The van der Waals surface area contributed by atoms with Crippen molar-refractivity contribution in [1.29, 1.82) is 0 Å². The molecule has 6 nitrogen and oxygen atoms in total. The highest BCUT2D eigenvalue weighted by Gasteiger charge is 2.39. The van der Waals surface area contributed by atoms with Crippen LogP contribution in [0.3, 0.4) is 0 Å². The Balaban J connectivity index is 2.15. The molecule has 19 heavy (non-hydrogen) atoms. The molecule has 0 spiro atoms. The van der Waals surface area contributed by atoms with Gasteiger partial charge in [-0.05, 0) is 24.8 Å². The third-order valence-electron chi connectivity index (χ3n) is 3.04. The molecule has 0 radical (unpaired) electrons. The van der Waals surface area contributed by atoms with Crippen LogP contribution in [-0.2, 0) is 10.5 Å². The van der Waals surface area contributed by atoms with Gasteiger partial charge in [0.05, 0.1) is 5.75 Å². The molecule has 0 aromatic carbocycles. The molecule has 7 heteroatoms. The summed E-state index contributed by atoms with van der Waals surface area (Å²) in [5.74, 6) is 0.107. The van der Waals surface area contributed by atoms with Gasteiger partial charge in [-0.15, -0.1) is 0 Å². The zero-order valence-corrected chi connectivity index (χ0v) is 11.4. The number of hydrogen-bond donors (Lipinski definition) is 2. The highest BCUT2D eigenvalue weighted by Crippen LogP contribution is 2.22. The Labute approximate surface area is 114 Å². The molecule has 0 unspecified atom stereocenters. The number of carbonyl (C=O) groups excluding carboxylic acids is 1. The number of hydrogen-bond acceptors (Lipinski definition) is 5. The zero-order valence-electron chi connectivity index (χ0n) is 10.5. The third kappa shape index (κ3) is 2.93. The van der Waals surface area contributed by atoms with Crippen LogP contribution in [0.4, 0.5) is 0 Å². The van der Waals surface area contributed by atoms with Crippen LogP contribution >= 0.6 is 11.8 Å². The van der Waals surface area contributed by atoms with Gasteiger partial charge in [0.15, 0.2) is 5.76 Å². The number of carboxylic acid groups (broad SMARTS) is 1. The monoisotopic (exact) mass is 284 g/mol. The number of aliphatic carboxylic acids is 1. The number of nitrogens with zero attached hydrogens (tertiary/aromatic N) is 1. The number of thioether (sulfide) groups is 1. The minimum absolute atomic E-state index is 0.171. The summed E-state index contributed by atoms with van der Waals surface area (Å²) < 4.78 is 5.42. The van der Waals surface area contributed by atoms with Crippen molar-refractivity contribution in [2.24, 2.45) is 5.73 Å². The van der Waals surface area contributed by atoms with E-state index in [0.717, 1.165) is 0 Å². The minimum Gasteiger partial charge on any atom is -0.480 e. The van der Waals surface area contributed by atoms with E-state index < -0.39 is 17.9 Å². The molecule has 1 fully saturated rings. The summed E-state index contributed by atoms with van der Waals surface area (Å²) in [6.45, 7) is 0.244. The van der Waals surface area contributed by atoms with E-state index in [4.69, 9.17) is 15.3 Å². The molecule has 104 valence electrons. The lowest BCUT2D eigenvalue weighted by atomic mass is 10.2. The maximum absolute atomic E-state index is 12.2. The fraction of sp³-hybridized carbons (Fsp3) is 0.500. The molecule has 1 amide bonds. The molecular weight excluding hydrogens is 268 g/mol.